The molecule has 1 aromatic rings. The summed E-state index contributed by atoms with van der Waals surface area (Å²) in [5.41, 5.74) is 0.575. The summed E-state index contributed by atoms with van der Waals surface area (Å²) < 4.78 is 5.85. The van der Waals surface area contributed by atoms with Crippen molar-refractivity contribution in [1.29, 1.82) is 0 Å². The Morgan fingerprint density at radius 1 is 1.24 bits per heavy atom. The average Bonchev–Trinajstić information content (AvgIpc) is 2.47. The lowest BCUT2D eigenvalue weighted by Gasteiger charge is -2.34. The Morgan fingerprint density at radius 2 is 1.86 bits per heavy atom. The molecule has 0 unspecified atom stereocenters. The summed E-state index contributed by atoms with van der Waals surface area (Å²) in [5.74, 6) is -0.0593. The summed E-state index contributed by atoms with van der Waals surface area (Å²) in [6.45, 7) is 4.12. The van der Waals surface area contributed by atoms with Crippen LogP contribution in [-0.2, 0) is 4.74 Å². The standard InChI is InChI=1S/C14H17BrN2O3S/c1-2-20-14(19)17-7-5-16(6-8-17)13(18)11-4-3-10(15)9-12(11)21/h3-4,9,21H,2,5-8H2,1H3. The molecular weight excluding hydrogens is 356 g/mol. The maximum atomic E-state index is 12.5. The first kappa shape index (κ1) is 16.2. The monoisotopic (exact) mass is 372 g/mol. The van der Waals surface area contributed by atoms with Crippen LogP contribution in [0.25, 0.3) is 0 Å². The Balaban J connectivity index is 1.98. The van der Waals surface area contributed by atoms with Gasteiger partial charge in [-0.25, -0.2) is 4.79 Å². The molecule has 1 aliphatic heterocycles. The van der Waals surface area contributed by atoms with Crippen molar-refractivity contribution in [2.24, 2.45) is 0 Å². The normalized spacial score (nSPS) is 15.0. The maximum Gasteiger partial charge on any atom is 0.409 e. The van der Waals surface area contributed by atoms with Gasteiger partial charge in [-0.3, -0.25) is 4.79 Å². The highest BCUT2D eigenvalue weighted by Gasteiger charge is 2.26. The van der Waals surface area contributed by atoms with Gasteiger partial charge >= 0.3 is 6.09 Å². The van der Waals surface area contributed by atoms with Crippen LogP contribution in [0, 0.1) is 0 Å². The minimum Gasteiger partial charge on any atom is -0.450 e. The fourth-order valence-corrected chi connectivity index (χ4v) is 3.01. The molecule has 0 N–H and O–H groups in total. The van der Waals surface area contributed by atoms with Gasteiger partial charge in [-0.1, -0.05) is 15.9 Å². The molecule has 0 saturated carbocycles. The van der Waals surface area contributed by atoms with E-state index in [1.165, 1.54) is 0 Å². The Hall–Kier alpha value is -1.21. The third-order valence-corrected chi connectivity index (χ3v) is 4.15. The maximum absolute atomic E-state index is 12.5. The largest absolute Gasteiger partial charge is 0.450 e. The second-order valence-electron chi connectivity index (χ2n) is 4.64. The van der Waals surface area contributed by atoms with E-state index in [0.717, 1.165) is 4.47 Å². The molecule has 0 radical (unpaired) electrons. The molecule has 0 bridgehead atoms. The minimum absolute atomic E-state index is 0.0593. The van der Waals surface area contributed by atoms with E-state index in [-0.39, 0.29) is 12.0 Å². The second-order valence-corrected chi connectivity index (χ2v) is 6.04. The number of thiol groups is 1. The molecule has 1 fully saturated rings. The number of nitrogens with zero attached hydrogens (tertiary/aromatic N) is 2. The summed E-state index contributed by atoms with van der Waals surface area (Å²) in [5, 5.41) is 0. The predicted molar refractivity (Wildman–Crippen MR) is 85.9 cm³/mol. The third-order valence-electron chi connectivity index (χ3n) is 3.28. The molecule has 0 aromatic heterocycles. The number of ether oxygens (including phenoxy) is 1. The lowest BCUT2D eigenvalue weighted by Crippen LogP contribution is -2.50. The van der Waals surface area contributed by atoms with Crippen molar-refractivity contribution in [3.63, 3.8) is 0 Å². The van der Waals surface area contributed by atoms with Crippen LogP contribution < -0.4 is 0 Å². The Morgan fingerprint density at radius 3 is 2.43 bits per heavy atom. The van der Waals surface area contributed by atoms with E-state index in [1.54, 1.807) is 28.9 Å². The van der Waals surface area contributed by atoms with Crippen LogP contribution in [0.5, 0.6) is 0 Å². The van der Waals surface area contributed by atoms with Gasteiger partial charge in [0, 0.05) is 35.5 Å². The van der Waals surface area contributed by atoms with Crippen LogP contribution in [0.3, 0.4) is 0 Å². The fraction of sp³-hybridized carbons (Fsp3) is 0.429. The van der Waals surface area contributed by atoms with Crippen LogP contribution in [0.15, 0.2) is 27.6 Å². The molecule has 2 rings (SSSR count). The molecule has 7 heteroatoms. The number of carbonyl (C=O) groups excluding carboxylic acids is 2. The molecule has 2 amide bonds. The third kappa shape index (κ3) is 3.91. The highest BCUT2D eigenvalue weighted by atomic mass is 79.9. The van der Waals surface area contributed by atoms with E-state index in [9.17, 15) is 9.59 Å². The summed E-state index contributed by atoms with van der Waals surface area (Å²) in [4.78, 5) is 28.1. The molecule has 1 heterocycles. The zero-order valence-electron chi connectivity index (χ0n) is 11.7. The van der Waals surface area contributed by atoms with Crippen LogP contribution in [0.1, 0.15) is 17.3 Å². The molecule has 0 atom stereocenters. The van der Waals surface area contributed by atoms with Crippen molar-refractivity contribution >= 4 is 40.6 Å². The number of carbonyl (C=O) groups is 2. The number of hydrogen-bond donors (Lipinski definition) is 1. The molecule has 1 aliphatic rings. The van der Waals surface area contributed by atoms with E-state index >= 15 is 0 Å². The van der Waals surface area contributed by atoms with Crippen LogP contribution in [-0.4, -0.2) is 54.6 Å². The van der Waals surface area contributed by atoms with Crippen LogP contribution in [0.4, 0.5) is 4.79 Å². The lowest BCUT2D eigenvalue weighted by molar-refractivity contribution is 0.0568. The van der Waals surface area contributed by atoms with Crippen molar-refractivity contribution in [3.05, 3.63) is 28.2 Å². The highest BCUT2D eigenvalue weighted by molar-refractivity contribution is 9.10. The molecule has 1 saturated heterocycles. The van der Waals surface area contributed by atoms with E-state index < -0.39 is 0 Å². The zero-order chi connectivity index (χ0) is 15.4. The summed E-state index contributed by atoms with van der Waals surface area (Å²) in [7, 11) is 0. The molecule has 114 valence electrons. The van der Waals surface area contributed by atoms with Crippen LogP contribution in [0.2, 0.25) is 0 Å². The van der Waals surface area contributed by atoms with Gasteiger partial charge in [0.2, 0.25) is 0 Å². The first-order chi connectivity index (χ1) is 10.0. The van der Waals surface area contributed by atoms with Gasteiger partial charge in [0.1, 0.15) is 0 Å². The SMILES string of the molecule is CCOC(=O)N1CCN(C(=O)c2ccc(Br)cc2S)CC1. The van der Waals surface area contributed by atoms with Crippen LogP contribution >= 0.6 is 28.6 Å². The van der Waals surface area contributed by atoms with Gasteiger partial charge in [0.15, 0.2) is 0 Å². The van der Waals surface area contributed by atoms with E-state index in [0.29, 0.717) is 43.2 Å². The number of benzene rings is 1. The Kier molecular flexibility index (Phi) is 5.52. The number of halogens is 1. The first-order valence-corrected chi connectivity index (χ1v) is 7.96. The van der Waals surface area contributed by atoms with Gasteiger partial charge < -0.3 is 14.5 Å². The number of piperazine rings is 1. The van der Waals surface area contributed by atoms with E-state index in [2.05, 4.69) is 28.6 Å². The smallest absolute Gasteiger partial charge is 0.409 e. The zero-order valence-corrected chi connectivity index (χ0v) is 14.2. The lowest BCUT2D eigenvalue weighted by atomic mass is 10.2. The van der Waals surface area contributed by atoms with Crippen molar-refractivity contribution in [1.82, 2.24) is 9.80 Å². The fourth-order valence-electron chi connectivity index (χ4n) is 2.16. The van der Waals surface area contributed by atoms with Gasteiger partial charge in [-0.2, -0.15) is 0 Å². The van der Waals surface area contributed by atoms with Crippen molar-refractivity contribution < 1.29 is 14.3 Å². The first-order valence-electron chi connectivity index (χ1n) is 6.72. The summed E-state index contributed by atoms with van der Waals surface area (Å²) >= 11 is 7.69. The number of rotatable bonds is 2. The Labute approximate surface area is 137 Å². The minimum atomic E-state index is -0.317. The van der Waals surface area contributed by atoms with E-state index in [1.807, 2.05) is 6.07 Å². The van der Waals surface area contributed by atoms with Crippen molar-refractivity contribution in [3.8, 4) is 0 Å². The number of hydrogen-bond acceptors (Lipinski definition) is 4. The molecule has 0 spiro atoms. The average molecular weight is 373 g/mol. The topological polar surface area (TPSA) is 49.9 Å². The molecule has 1 aromatic carbocycles. The van der Waals surface area contributed by atoms with Gasteiger partial charge in [0.25, 0.3) is 5.91 Å². The number of amides is 2. The molecule has 21 heavy (non-hydrogen) atoms. The summed E-state index contributed by atoms with van der Waals surface area (Å²) in [6, 6.07) is 5.37. The predicted octanol–water partition coefficient (Wildman–Crippen LogP) is 2.65. The quantitative estimate of drug-likeness (QED) is 0.811. The highest BCUT2D eigenvalue weighted by Crippen LogP contribution is 2.21. The van der Waals surface area contributed by atoms with Crippen molar-refractivity contribution in [2.45, 2.75) is 11.8 Å². The summed E-state index contributed by atoms with van der Waals surface area (Å²) in [6.07, 6.45) is -0.317. The molecule has 5 nitrogen and oxygen atoms in total. The molecule has 0 aliphatic carbocycles. The Bertz CT molecular complexity index is 545. The van der Waals surface area contributed by atoms with E-state index in [4.69, 9.17) is 4.74 Å². The van der Waals surface area contributed by atoms with Gasteiger partial charge in [0.05, 0.1) is 12.2 Å². The molecular formula is C14H17BrN2O3S. The van der Waals surface area contributed by atoms with Gasteiger partial charge in [-0.05, 0) is 25.1 Å². The van der Waals surface area contributed by atoms with Crippen molar-refractivity contribution in [2.75, 3.05) is 32.8 Å². The van der Waals surface area contributed by atoms with Gasteiger partial charge in [-0.15, -0.1) is 12.6 Å². The second kappa shape index (κ2) is 7.17.